The molecule has 0 radical (unpaired) electrons. The molecule has 80 valence electrons. The molecule has 0 aliphatic rings. The molecule has 5 nitrogen and oxygen atoms in total. The predicted octanol–water partition coefficient (Wildman–Crippen LogP) is 1.65. The normalized spacial score (nSPS) is 12.2. The highest BCUT2D eigenvalue weighted by molar-refractivity contribution is 9.10. The van der Waals surface area contributed by atoms with Crippen LogP contribution in [0.3, 0.4) is 0 Å². The molecule has 0 amide bonds. The summed E-state index contributed by atoms with van der Waals surface area (Å²) < 4.78 is 24.5. The summed E-state index contributed by atoms with van der Waals surface area (Å²) in [7, 11) is -3.36. The quantitative estimate of drug-likeness (QED) is 0.751. The van der Waals surface area contributed by atoms with E-state index in [1.165, 1.54) is 12.4 Å². The van der Waals surface area contributed by atoms with E-state index in [-0.39, 0.29) is 5.28 Å². The van der Waals surface area contributed by atoms with E-state index in [0.717, 1.165) is 10.2 Å². The Bertz CT molecular complexity index is 637. The van der Waals surface area contributed by atoms with Crippen LogP contribution in [-0.4, -0.2) is 28.6 Å². The summed E-state index contributed by atoms with van der Waals surface area (Å²) in [5, 5.41) is 0.0782. The van der Waals surface area contributed by atoms with Crippen molar-refractivity contribution in [2.24, 2.45) is 0 Å². The Morgan fingerprint density at radius 1 is 1.53 bits per heavy atom. The maximum atomic E-state index is 11.4. The second-order valence-electron chi connectivity index (χ2n) is 2.91. The zero-order chi connectivity index (χ0) is 11.2. The molecule has 0 saturated heterocycles. The van der Waals surface area contributed by atoms with E-state index in [9.17, 15) is 8.42 Å². The lowest BCUT2D eigenvalue weighted by Crippen LogP contribution is -2.08. The van der Waals surface area contributed by atoms with Gasteiger partial charge in [0.25, 0.3) is 0 Å². The molecule has 0 N–H and O–H groups in total. The van der Waals surface area contributed by atoms with Crippen LogP contribution in [-0.2, 0) is 10.0 Å². The van der Waals surface area contributed by atoms with Gasteiger partial charge in [-0.1, -0.05) is 0 Å². The van der Waals surface area contributed by atoms with E-state index in [0.29, 0.717) is 15.5 Å². The molecule has 2 heterocycles. The fourth-order valence-corrected chi connectivity index (χ4v) is 2.75. The first-order chi connectivity index (χ1) is 6.89. The van der Waals surface area contributed by atoms with Crippen LogP contribution in [0.2, 0.25) is 5.28 Å². The third-order valence-corrected chi connectivity index (χ3v) is 3.57. The topological polar surface area (TPSA) is 64.8 Å². The van der Waals surface area contributed by atoms with Crippen LogP contribution in [0.25, 0.3) is 11.0 Å². The molecule has 0 atom stereocenters. The van der Waals surface area contributed by atoms with Gasteiger partial charge in [0.15, 0.2) is 0 Å². The monoisotopic (exact) mass is 309 g/mol. The summed E-state index contributed by atoms with van der Waals surface area (Å²) in [6, 6.07) is 0. The molecule has 2 aromatic heterocycles. The first-order valence-electron chi connectivity index (χ1n) is 3.79. The molecule has 0 unspecified atom stereocenters. The van der Waals surface area contributed by atoms with Crippen molar-refractivity contribution in [3.63, 3.8) is 0 Å². The fourth-order valence-electron chi connectivity index (χ4n) is 1.20. The van der Waals surface area contributed by atoms with E-state index < -0.39 is 10.0 Å². The van der Waals surface area contributed by atoms with Gasteiger partial charge in [-0.15, -0.1) is 0 Å². The number of rotatable bonds is 1. The zero-order valence-electron chi connectivity index (χ0n) is 7.48. The van der Waals surface area contributed by atoms with E-state index in [4.69, 9.17) is 11.6 Å². The maximum absolute atomic E-state index is 11.4. The molecule has 2 aromatic rings. The zero-order valence-corrected chi connectivity index (χ0v) is 10.6. The summed E-state index contributed by atoms with van der Waals surface area (Å²) in [6.45, 7) is 0. The summed E-state index contributed by atoms with van der Waals surface area (Å²) >= 11 is 8.82. The van der Waals surface area contributed by atoms with Crippen molar-refractivity contribution >= 4 is 48.6 Å². The molecule has 0 aliphatic carbocycles. The lowest BCUT2D eigenvalue weighted by Gasteiger charge is -1.99. The second-order valence-corrected chi connectivity index (χ2v) is 5.96. The lowest BCUT2D eigenvalue weighted by atomic mass is 10.5. The minimum absolute atomic E-state index is 0.0782. The number of hydrogen-bond acceptors (Lipinski definition) is 4. The Kier molecular flexibility index (Phi) is 2.48. The molecular formula is C7H5BrClN3O2S. The van der Waals surface area contributed by atoms with Crippen LogP contribution >= 0.6 is 27.5 Å². The van der Waals surface area contributed by atoms with Crippen molar-refractivity contribution in [3.8, 4) is 0 Å². The highest BCUT2D eigenvalue weighted by atomic mass is 79.9. The highest BCUT2D eigenvalue weighted by Gasteiger charge is 2.15. The minimum Gasteiger partial charge on any atom is -0.241 e. The molecule has 0 spiro atoms. The average Bonchev–Trinajstić information content (AvgIpc) is 2.43. The van der Waals surface area contributed by atoms with Gasteiger partial charge in [-0.2, -0.15) is 0 Å². The minimum atomic E-state index is -3.36. The van der Waals surface area contributed by atoms with Crippen LogP contribution in [0.4, 0.5) is 0 Å². The molecule has 0 fully saturated rings. The first-order valence-corrected chi connectivity index (χ1v) is 6.81. The molecule has 0 saturated carbocycles. The van der Waals surface area contributed by atoms with Crippen LogP contribution < -0.4 is 0 Å². The predicted molar refractivity (Wildman–Crippen MR) is 60.5 cm³/mol. The molecule has 8 heteroatoms. The SMILES string of the molecule is CS(=O)(=O)n1cc(Br)c2nc(Cl)ncc21. The van der Waals surface area contributed by atoms with Crippen molar-refractivity contribution in [2.75, 3.05) is 6.26 Å². The second kappa shape index (κ2) is 3.43. The maximum Gasteiger partial charge on any atom is 0.236 e. The molecule has 15 heavy (non-hydrogen) atoms. The van der Waals surface area contributed by atoms with Gasteiger partial charge >= 0.3 is 0 Å². The molecule has 2 rings (SSSR count). The smallest absolute Gasteiger partial charge is 0.236 e. The van der Waals surface area contributed by atoms with Gasteiger partial charge < -0.3 is 0 Å². The number of fused-ring (bicyclic) bond motifs is 1. The fraction of sp³-hybridized carbons (Fsp3) is 0.143. The van der Waals surface area contributed by atoms with Gasteiger partial charge in [0, 0.05) is 6.20 Å². The molecule has 0 aliphatic heterocycles. The summed E-state index contributed by atoms with van der Waals surface area (Å²) in [6.07, 6.45) is 3.90. The Morgan fingerprint density at radius 2 is 2.20 bits per heavy atom. The highest BCUT2D eigenvalue weighted by Crippen LogP contribution is 2.25. The van der Waals surface area contributed by atoms with E-state index in [1.54, 1.807) is 0 Å². The van der Waals surface area contributed by atoms with E-state index in [1.807, 2.05) is 0 Å². The van der Waals surface area contributed by atoms with Gasteiger partial charge in [-0.05, 0) is 27.5 Å². The Labute approximate surface area is 99.3 Å². The third-order valence-electron chi connectivity index (χ3n) is 1.79. The van der Waals surface area contributed by atoms with Crippen molar-refractivity contribution < 1.29 is 8.42 Å². The van der Waals surface area contributed by atoms with Gasteiger partial charge in [0.1, 0.15) is 11.0 Å². The van der Waals surface area contributed by atoms with Gasteiger partial charge in [-0.3, -0.25) is 0 Å². The summed E-state index contributed by atoms with van der Waals surface area (Å²) in [4.78, 5) is 7.67. The van der Waals surface area contributed by atoms with Crippen molar-refractivity contribution in [2.45, 2.75) is 0 Å². The third kappa shape index (κ3) is 1.86. The summed E-state index contributed by atoms with van der Waals surface area (Å²) in [5.41, 5.74) is 0.870. The van der Waals surface area contributed by atoms with Crippen molar-refractivity contribution in [1.82, 2.24) is 13.9 Å². The Balaban J connectivity index is 2.92. The number of hydrogen-bond donors (Lipinski definition) is 0. The van der Waals surface area contributed by atoms with Crippen LogP contribution in [0.5, 0.6) is 0 Å². The summed E-state index contributed by atoms with van der Waals surface area (Å²) in [5.74, 6) is 0. The lowest BCUT2D eigenvalue weighted by molar-refractivity contribution is 0.595. The standard InChI is InChI=1S/C7H5BrClN3O2S/c1-15(13,14)12-3-4(8)6-5(12)2-10-7(9)11-6/h2-3H,1H3. The van der Waals surface area contributed by atoms with Gasteiger partial charge in [-0.25, -0.2) is 22.4 Å². The van der Waals surface area contributed by atoms with Crippen molar-refractivity contribution in [1.29, 1.82) is 0 Å². The molecule has 0 aromatic carbocycles. The Hall–Kier alpha value is -0.660. The van der Waals surface area contributed by atoms with Gasteiger partial charge in [0.2, 0.25) is 15.3 Å². The van der Waals surface area contributed by atoms with Crippen LogP contribution in [0, 0.1) is 0 Å². The first kappa shape index (κ1) is 10.8. The number of aromatic nitrogens is 3. The molecular weight excluding hydrogens is 306 g/mol. The van der Waals surface area contributed by atoms with E-state index in [2.05, 4.69) is 25.9 Å². The number of halogens is 2. The van der Waals surface area contributed by atoms with Crippen LogP contribution in [0.1, 0.15) is 0 Å². The van der Waals surface area contributed by atoms with Crippen LogP contribution in [0.15, 0.2) is 16.9 Å². The largest absolute Gasteiger partial charge is 0.241 e. The van der Waals surface area contributed by atoms with Gasteiger partial charge in [0.05, 0.1) is 16.9 Å². The molecule has 0 bridgehead atoms. The van der Waals surface area contributed by atoms with E-state index >= 15 is 0 Å². The number of nitrogens with zero attached hydrogens (tertiary/aromatic N) is 3. The Morgan fingerprint density at radius 3 is 2.80 bits per heavy atom. The average molecular weight is 311 g/mol. The van der Waals surface area contributed by atoms with Crippen molar-refractivity contribution in [3.05, 3.63) is 22.1 Å².